The van der Waals surface area contributed by atoms with Crippen molar-refractivity contribution in [3.63, 3.8) is 0 Å². The summed E-state index contributed by atoms with van der Waals surface area (Å²) < 4.78 is 5.24. The second-order valence-electron chi connectivity index (χ2n) is 6.10. The highest BCUT2D eigenvalue weighted by atomic mass is 16.5. The summed E-state index contributed by atoms with van der Waals surface area (Å²) in [6.07, 6.45) is 1.70. The fourth-order valence-electron chi connectivity index (χ4n) is 3.03. The van der Waals surface area contributed by atoms with Gasteiger partial charge < -0.3 is 4.74 Å². The number of carbonyl (C=O) groups excluding carboxylic acids is 1. The van der Waals surface area contributed by atoms with Crippen molar-refractivity contribution in [2.45, 2.75) is 6.92 Å². The van der Waals surface area contributed by atoms with E-state index in [1.807, 2.05) is 66.7 Å². The van der Waals surface area contributed by atoms with E-state index in [1.54, 1.807) is 13.1 Å². The average molecular weight is 354 g/mol. The smallest absolute Gasteiger partial charge is 0.357 e. The molecule has 132 valence electrons. The Balaban J connectivity index is 1.86. The first kappa shape index (κ1) is 16.9. The number of esters is 1. The topological polar surface area (TPSA) is 52.1 Å². The standard InChI is InChI=1S/C23H18N2O2/c1-2-27-23(26)21-20(15-24-22(25-21)17-9-4-3-5-10-17)19-13-12-16-8-6-7-11-18(16)14-19/h3-15H,2H2,1H3. The van der Waals surface area contributed by atoms with E-state index in [9.17, 15) is 4.79 Å². The summed E-state index contributed by atoms with van der Waals surface area (Å²) in [5.74, 6) is 0.0587. The van der Waals surface area contributed by atoms with Crippen molar-refractivity contribution in [3.05, 3.63) is 84.7 Å². The minimum atomic E-state index is -0.444. The Morgan fingerprint density at radius 3 is 2.41 bits per heavy atom. The molecule has 4 nitrogen and oxygen atoms in total. The number of rotatable bonds is 4. The molecule has 4 heteroatoms. The van der Waals surface area contributed by atoms with Crippen molar-refractivity contribution in [1.29, 1.82) is 0 Å². The van der Waals surface area contributed by atoms with Gasteiger partial charge in [-0.3, -0.25) is 0 Å². The average Bonchev–Trinajstić information content (AvgIpc) is 2.74. The first-order valence-corrected chi connectivity index (χ1v) is 8.85. The maximum absolute atomic E-state index is 12.6. The maximum Gasteiger partial charge on any atom is 0.357 e. The molecule has 0 aliphatic rings. The number of aromatic nitrogens is 2. The van der Waals surface area contributed by atoms with Gasteiger partial charge in [0.05, 0.1) is 6.61 Å². The van der Waals surface area contributed by atoms with Crippen LogP contribution < -0.4 is 0 Å². The summed E-state index contributed by atoms with van der Waals surface area (Å²) in [6, 6.07) is 23.7. The Labute approximate surface area is 157 Å². The molecule has 0 fully saturated rings. The molecule has 0 atom stereocenters. The highest BCUT2D eigenvalue weighted by Gasteiger charge is 2.18. The van der Waals surface area contributed by atoms with Crippen LogP contribution in [0.25, 0.3) is 33.3 Å². The molecule has 4 aromatic rings. The van der Waals surface area contributed by atoms with Crippen LogP contribution in [0.3, 0.4) is 0 Å². The molecule has 0 amide bonds. The van der Waals surface area contributed by atoms with Gasteiger partial charge in [0.25, 0.3) is 0 Å². The number of hydrogen-bond donors (Lipinski definition) is 0. The first-order chi connectivity index (χ1) is 13.3. The van der Waals surface area contributed by atoms with E-state index < -0.39 is 5.97 Å². The SMILES string of the molecule is CCOC(=O)c1nc(-c2ccccc2)ncc1-c1ccc2ccccc2c1. The number of nitrogens with zero attached hydrogens (tertiary/aromatic N) is 2. The van der Waals surface area contributed by atoms with Crippen LogP contribution in [0.5, 0.6) is 0 Å². The van der Waals surface area contributed by atoms with Crippen molar-refractivity contribution in [3.8, 4) is 22.5 Å². The fourth-order valence-corrected chi connectivity index (χ4v) is 3.03. The molecule has 4 rings (SSSR count). The number of hydrogen-bond acceptors (Lipinski definition) is 4. The summed E-state index contributed by atoms with van der Waals surface area (Å²) in [5, 5.41) is 2.23. The molecule has 1 aromatic heterocycles. The molecule has 0 spiro atoms. The van der Waals surface area contributed by atoms with E-state index in [1.165, 1.54) is 0 Å². The first-order valence-electron chi connectivity index (χ1n) is 8.85. The van der Waals surface area contributed by atoms with Crippen LogP contribution in [0.2, 0.25) is 0 Å². The second-order valence-corrected chi connectivity index (χ2v) is 6.10. The van der Waals surface area contributed by atoms with Gasteiger partial charge >= 0.3 is 5.97 Å². The molecule has 3 aromatic carbocycles. The zero-order valence-electron chi connectivity index (χ0n) is 14.9. The molecule has 0 unspecified atom stereocenters. The lowest BCUT2D eigenvalue weighted by Crippen LogP contribution is -2.10. The minimum Gasteiger partial charge on any atom is -0.461 e. The van der Waals surface area contributed by atoms with E-state index in [4.69, 9.17) is 4.74 Å². The number of ether oxygens (including phenoxy) is 1. The van der Waals surface area contributed by atoms with Gasteiger partial charge in [-0.05, 0) is 29.3 Å². The lowest BCUT2D eigenvalue weighted by Gasteiger charge is -2.11. The Hall–Kier alpha value is -3.53. The van der Waals surface area contributed by atoms with Gasteiger partial charge in [-0.25, -0.2) is 14.8 Å². The van der Waals surface area contributed by atoms with Crippen molar-refractivity contribution in [2.75, 3.05) is 6.61 Å². The zero-order chi connectivity index (χ0) is 18.6. The van der Waals surface area contributed by atoms with E-state index in [0.717, 1.165) is 21.9 Å². The van der Waals surface area contributed by atoms with Crippen molar-refractivity contribution >= 4 is 16.7 Å². The third-order valence-corrected chi connectivity index (χ3v) is 4.35. The van der Waals surface area contributed by atoms with Crippen LogP contribution in [0, 0.1) is 0 Å². The minimum absolute atomic E-state index is 0.279. The van der Waals surface area contributed by atoms with Gasteiger partial charge in [0, 0.05) is 17.3 Å². The van der Waals surface area contributed by atoms with Gasteiger partial charge in [-0.2, -0.15) is 0 Å². The second kappa shape index (κ2) is 7.38. The van der Waals surface area contributed by atoms with Crippen LogP contribution in [0.1, 0.15) is 17.4 Å². The molecule has 0 aliphatic heterocycles. The van der Waals surface area contributed by atoms with E-state index in [0.29, 0.717) is 18.0 Å². The quantitative estimate of drug-likeness (QED) is 0.476. The monoisotopic (exact) mass is 354 g/mol. The fraction of sp³-hybridized carbons (Fsp3) is 0.0870. The lowest BCUT2D eigenvalue weighted by atomic mass is 10.0. The Kier molecular flexibility index (Phi) is 4.62. The van der Waals surface area contributed by atoms with Gasteiger partial charge in [0.1, 0.15) is 0 Å². The Bertz CT molecular complexity index is 1110. The highest BCUT2D eigenvalue weighted by molar-refractivity contribution is 5.97. The van der Waals surface area contributed by atoms with Crippen LogP contribution in [0.4, 0.5) is 0 Å². The Morgan fingerprint density at radius 1 is 0.889 bits per heavy atom. The van der Waals surface area contributed by atoms with Gasteiger partial charge in [-0.1, -0.05) is 66.7 Å². The van der Waals surface area contributed by atoms with E-state index in [2.05, 4.69) is 16.0 Å². The molecule has 0 bridgehead atoms. The Morgan fingerprint density at radius 2 is 1.63 bits per heavy atom. The normalized spacial score (nSPS) is 10.7. The number of carbonyl (C=O) groups is 1. The summed E-state index contributed by atoms with van der Waals surface area (Å²) in [5.41, 5.74) is 2.68. The summed E-state index contributed by atoms with van der Waals surface area (Å²) in [6.45, 7) is 2.08. The number of benzene rings is 3. The lowest BCUT2D eigenvalue weighted by molar-refractivity contribution is 0.0520. The molecule has 1 heterocycles. The molecule has 0 N–H and O–H groups in total. The molecule has 27 heavy (non-hydrogen) atoms. The molecule has 0 aliphatic carbocycles. The predicted octanol–water partition coefficient (Wildman–Crippen LogP) is 5.14. The van der Waals surface area contributed by atoms with Crippen molar-refractivity contribution in [2.24, 2.45) is 0 Å². The summed E-state index contributed by atoms with van der Waals surface area (Å²) in [4.78, 5) is 21.6. The number of fused-ring (bicyclic) bond motifs is 1. The van der Waals surface area contributed by atoms with Crippen LogP contribution >= 0.6 is 0 Å². The van der Waals surface area contributed by atoms with E-state index >= 15 is 0 Å². The van der Waals surface area contributed by atoms with E-state index in [-0.39, 0.29) is 5.69 Å². The summed E-state index contributed by atoms with van der Waals surface area (Å²) >= 11 is 0. The molecular weight excluding hydrogens is 336 g/mol. The largest absolute Gasteiger partial charge is 0.461 e. The van der Waals surface area contributed by atoms with Gasteiger partial charge in [0.2, 0.25) is 0 Å². The van der Waals surface area contributed by atoms with Crippen LogP contribution in [-0.4, -0.2) is 22.5 Å². The van der Waals surface area contributed by atoms with Crippen molar-refractivity contribution < 1.29 is 9.53 Å². The summed E-state index contributed by atoms with van der Waals surface area (Å²) in [7, 11) is 0. The third kappa shape index (κ3) is 3.42. The van der Waals surface area contributed by atoms with Crippen LogP contribution in [0.15, 0.2) is 79.0 Å². The molecular formula is C23H18N2O2. The van der Waals surface area contributed by atoms with Gasteiger partial charge in [0.15, 0.2) is 11.5 Å². The van der Waals surface area contributed by atoms with Crippen molar-refractivity contribution in [1.82, 2.24) is 9.97 Å². The predicted molar refractivity (Wildman–Crippen MR) is 106 cm³/mol. The third-order valence-electron chi connectivity index (χ3n) is 4.35. The van der Waals surface area contributed by atoms with Crippen LogP contribution in [-0.2, 0) is 4.74 Å². The maximum atomic E-state index is 12.6. The zero-order valence-corrected chi connectivity index (χ0v) is 14.9. The molecule has 0 saturated carbocycles. The van der Waals surface area contributed by atoms with Gasteiger partial charge in [-0.15, -0.1) is 0 Å². The highest BCUT2D eigenvalue weighted by Crippen LogP contribution is 2.28. The molecule has 0 radical (unpaired) electrons. The molecule has 0 saturated heterocycles.